The van der Waals surface area contributed by atoms with Crippen molar-refractivity contribution >= 4 is 28.5 Å². The number of benzene rings is 1. The Bertz CT molecular complexity index is 560. The second kappa shape index (κ2) is 5.55. The van der Waals surface area contributed by atoms with Gasteiger partial charge in [-0.1, -0.05) is 18.2 Å². The maximum atomic E-state index is 9.10. The molecule has 1 aromatic carbocycles. The lowest BCUT2D eigenvalue weighted by Gasteiger charge is -2.07. The van der Waals surface area contributed by atoms with E-state index in [1.54, 1.807) is 11.8 Å². The van der Waals surface area contributed by atoms with Crippen molar-refractivity contribution in [1.82, 2.24) is 4.98 Å². The van der Waals surface area contributed by atoms with E-state index in [1.165, 1.54) is 0 Å². The van der Waals surface area contributed by atoms with E-state index in [0.29, 0.717) is 11.4 Å². The van der Waals surface area contributed by atoms with Crippen LogP contribution in [0.2, 0.25) is 0 Å². The molecule has 3 nitrogen and oxygen atoms in total. The van der Waals surface area contributed by atoms with Crippen LogP contribution in [-0.2, 0) is 0 Å². The van der Waals surface area contributed by atoms with E-state index < -0.39 is 0 Å². The molecule has 0 aliphatic rings. The number of pyridine rings is 1. The van der Waals surface area contributed by atoms with Crippen molar-refractivity contribution in [2.24, 2.45) is 0 Å². The van der Waals surface area contributed by atoms with Gasteiger partial charge in [-0.3, -0.25) is 0 Å². The molecule has 2 aromatic rings. The van der Waals surface area contributed by atoms with Gasteiger partial charge in [-0.25, -0.2) is 4.98 Å². The lowest BCUT2D eigenvalue weighted by Crippen LogP contribution is -2.07. The highest BCUT2D eigenvalue weighted by Gasteiger charge is 2.05. The Balaban J connectivity index is 2.36. The molecule has 0 aliphatic heterocycles. The molecule has 86 valence electrons. The second-order valence-corrected chi connectivity index (χ2v) is 4.59. The highest BCUT2D eigenvalue weighted by atomic mass is 32.2. The Morgan fingerprint density at radius 2 is 2.24 bits per heavy atom. The van der Waals surface area contributed by atoms with Crippen LogP contribution in [0.3, 0.4) is 0 Å². The zero-order chi connectivity index (χ0) is 12.1. The van der Waals surface area contributed by atoms with Gasteiger partial charge in [0.15, 0.2) is 0 Å². The minimum Gasteiger partial charge on any atom is -0.368 e. The Kier molecular flexibility index (Phi) is 3.84. The van der Waals surface area contributed by atoms with Crippen LogP contribution in [0, 0.1) is 11.3 Å². The first kappa shape index (κ1) is 11.7. The third kappa shape index (κ3) is 2.69. The normalized spacial score (nSPS) is 10.1. The number of rotatable bonds is 4. The highest BCUT2D eigenvalue weighted by Crippen LogP contribution is 2.19. The van der Waals surface area contributed by atoms with Gasteiger partial charge in [0.25, 0.3) is 0 Å². The topological polar surface area (TPSA) is 48.7 Å². The van der Waals surface area contributed by atoms with E-state index >= 15 is 0 Å². The lowest BCUT2D eigenvalue weighted by atomic mass is 10.1. The van der Waals surface area contributed by atoms with Crippen molar-refractivity contribution < 1.29 is 0 Å². The van der Waals surface area contributed by atoms with Crippen LogP contribution in [0.15, 0.2) is 30.3 Å². The van der Waals surface area contributed by atoms with Crippen LogP contribution in [-0.4, -0.2) is 23.5 Å². The predicted molar refractivity (Wildman–Crippen MR) is 73.3 cm³/mol. The van der Waals surface area contributed by atoms with Crippen molar-refractivity contribution in [2.45, 2.75) is 0 Å². The number of nitrogens with one attached hydrogen (secondary N) is 1. The largest absolute Gasteiger partial charge is 0.368 e. The molecule has 0 fully saturated rings. The van der Waals surface area contributed by atoms with E-state index in [4.69, 9.17) is 5.26 Å². The van der Waals surface area contributed by atoms with Crippen LogP contribution in [0.5, 0.6) is 0 Å². The van der Waals surface area contributed by atoms with Crippen molar-refractivity contribution in [1.29, 1.82) is 5.26 Å². The quantitative estimate of drug-likeness (QED) is 0.839. The van der Waals surface area contributed by atoms with Gasteiger partial charge in [0.1, 0.15) is 11.9 Å². The van der Waals surface area contributed by atoms with Crippen LogP contribution in [0.25, 0.3) is 10.9 Å². The van der Waals surface area contributed by atoms with Gasteiger partial charge in [0.05, 0.1) is 11.1 Å². The summed E-state index contributed by atoms with van der Waals surface area (Å²) >= 11 is 1.76. The Hall–Kier alpha value is -1.73. The van der Waals surface area contributed by atoms with Crippen molar-refractivity contribution in [2.75, 3.05) is 23.9 Å². The summed E-state index contributed by atoms with van der Waals surface area (Å²) in [5, 5.41) is 13.3. The third-order valence-electron chi connectivity index (χ3n) is 2.44. The minimum atomic E-state index is 0.602. The molecule has 0 unspecified atom stereocenters. The van der Waals surface area contributed by atoms with Crippen LogP contribution in [0.1, 0.15) is 5.56 Å². The van der Waals surface area contributed by atoms with E-state index in [9.17, 15) is 0 Å². The fourth-order valence-electron chi connectivity index (χ4n) is 1.61. The zero-order valence-corrected chi connectivity index (χ0v) is 10.4. The average Bonchev–Trinajstić information content (AvgIpc) is 2.38. The highest BCUT2D eigenvalue weighted by molar-refractivity contribution is 7.98. The first-order valence-corrected chi connectivity index (χ1v) is 6.77. The van der Waals surface area contributed by atoms with E-state index in [0.717, 1.165) is 23.2 Å². The lowest BCUT2D eigenvalue weighted by molar-refractivity contribution is 1.18. The summed E-state index contributed by atoms with van der Waals surface area (Å²) in [5.74, 6) is 1.68. The molecule has 0 spiro atoms. The first-order valence-electron chi connectivity index (χ1n) is 5.38. The van der Waals surface area contributed by atoms with Gasteiger partial charge in [-0.15, -0.1) is 0 Å². The number of fused-ring (bicyclic) bond motifs is 1. The summed E-state index contributed by atoms with van der Waals surface area (Å²) in [7, 11) is 0. The number of aromatic nitrogens is 1. The van der Waals surface area contributed by atoms with Crippen LogP contribution < -0.4 is 5.32 Å². The number of hydrogen-bond acceptors (Lipinski definition) is 4. The molecule has 0 radical (unpaired) electrons. The molecule has 2 rings (SSSR count). The van der Waals surface area contributed by atoms with Gasteiger partial charge in [-0.05, 0) is 18.4 Å². The summed E-state index contributed by atoms with van der Waals surface area (Å²) < 4.78 is 0. The van der Waals surface area contributed by atoms with E-state index in [2.05, 4.69) is 22.6 Å². The molecule has 0 aliphatic carbocycles. The molecule has 0 atom stereocenters. The SMILES string of the molecule is CSCCNc1nc2ccccc2cc1C#N. The number of thioether (sulfide) groups is 1. The van der Waals surface area contributed by atoms with Gasteiger partial charge in [0, 0.05) is 17.7 Å². The number of para-hydroxylation sites is 1. The molecule has 4 heteroatoms. The Morgan fingerprint density at radius 3 is 3.00 bits per heavy atom. The first-order chi connectivity index (χ1) is 8.35. The predicted octanol–water partition coefficient (Wildman–Crippen LogP) is 2.88. The number of hydrogen-bond donors (Lipinski definition) is 1. The molecule has 17 heavy (non-hydrogen) atoms. The standard InChI is InChI=1S/C13H13N3S/c1-17-7-6-15-13-11(9-14)8-10-4-2-3-5-12(10)16-13/h2-5,8H,6-7H2,1H3,(H,15,16). The van der Waals surface area contributed by atoms with E-state index in [-0.39, 0.29) is 0 Å². The Morgan fingerprint density at radius 1 is 1.41 bits per heavy atom. The molecule has 1 N–H and O–H groups in total. The smallest absolute Gasteiger partial charge is 0.144 e. The minimum absolute atomic E-state index is 0.602. The molecule has 0 amide bonds. The molecule has 0 bridgehead atoms. The van der Waals surface area contributed by atoms with Gasteiger partial charge in [0.2, 0.25) is 0 Å². The summed E-state index contributed by atoms with van der Waals surface area (Å²) in [6.45, 7) is 0.821. The van der Waals surface area contributed by atoms with Crippen LogP contribution in [0.4, 0.5) is 5.82 Å². The number of anilines is 1. The molecule has 1 heterocycles. The van der Waals surface area contributed by atoms with Gasteiger partial charge in [-0.2, -0.15) is 17.0 Å². The fourth-order valence-corrected chi connectivity index (χ4v) is 1.91. The molecular weight excluding hydrogens is 230 g/mol. The molecule has 1 aromatic heterocycles. The van der Waals surface area contributed by atoms with Gasteiger partial charge < -0.3 is 5.32 Å². The third-order valence-corrected chi connectivity index (χ3v) is 3.06. The van der Waals surface area contributed by atoms with E-state index in [1.807, 2.05) is 30.3 Å². The van der Waals surface area contributed by atoms with Crippen molar-refractivity contribution in [3.8, 4) is 6.07 Å². The van der Waals surface area contributed by atoms with Crippen molar-refractivity contribution in [3.05, 3.63) is 35.9 Å². The van der Waals surface area contributed by atoms with Crippen LogP contribution >= 0.6 is 11.8 Å². The molecule has 0 saturated carbocycles. The number of nitrogens with zero attached hydrogens (tertiary/aromatic N) is 2. The summed E-state index contributed by atoms with van der Waals surface area (Å²) in [4.78, 5) is 4.47. The second-order valence-electron chi connectivity index (χ2n) is 3.61. The maximum absolute atomic E-state index is 9.10. The fraction of sp³-hybridized carbons (Fsp3) is 0.231. The zero-order valence-electron chi connectivity index (χ0n) is 9.60. The summed E-state index contributed by atoms with van der Waals surface area (Å²) in [6.07, 6.45) is 2.06. The number of nitriles is 1. The summed E-state index contributed by atoms with van der Waals surface area (Å²) in [6, 6.07) is 11.9. The Labute approximate surface area is 105 Å². The van der Waals surface area contributed by atoms with Crippen molar-refractivity contribution in [3.63, 3.8) is 0 Å². The molecule has 0 saturated heterocycles. The average molecular weight is 243 g/mol. The maximum Gasteiger partial charge on any atom is 0.144 e. The van der Waals surface area contributed by atoms with Gasteiger partial charge >= 0.3 is 0 Å². The molecular formula is C13H13N3S. The summed E-state index contributed by atoms with van der Waals surface area (Å²) in [5.41, 5.74) is 1.52. The monoisotopic (exact) mass is 243 g/mol.